The van der Waals surface area contributed by atoms with Crippen molar-refractivity contribution in [2.75, 3.05) is 11.9 Å². The number of ether oxygens (including phenoxy) is 1. The van der Waals surface area contributed by atoms with Crippen molar-refractivity contribution in [3.63, 3.8) is 0 Å². The fourth-order valence-electron chi connectivity index (χ4n) is 2.97. The van der Waals surface area contributed by atoms with Gasteiger partial charge in [0.15, 0.2) is 11.2 Å². The maximum Gasteiger partial charge on any atom is 0.573 e. The van der Waals surface area contributed by atoms with Crippen LogP contribution in [0.1, 0.15) is 0 Å². The Morgan fingerprint density at radius 2 is 1.78 bits per heavy atom. The van der Waals surface area contributed by atoms with E-state index in [2.05, 4.69) is 20.0 Å². The number of alkyl halides is 3. The quantitative estimate of drug-likeness (QED) is 0.470. The van der Waals surface area contributed by atoms with Gasteiger partial charge >= 0.3 is 6.36 Å². The third-order valence-electron chi connectivity index (χ3n) is 4.57. The molecule has 0 atom stereocenters. The van der Waals surface area contributed by atoms with Crippen LogP contribution in [-0.4, -0.2) is 43.9 Å². The van der Waals surface area contributed by atoms with E-state index < -0.39 is 17.7 Å². The van der Waals surface area contributed by atoms with E-state index >= 15 is 0 Å². The van der Waals surface area contributed by atoms with Gasteiger partial charge in [0.1, 0.15) is 18.6 Å². The van der Waals surface area contributed by atoms with Crippen LogP contribution in [0.5, 0.6) is 5.75 Å². The third kappa shape index (κ3) is 4.29. The minimum Gasteiger partial charge on any atom is -0.406 e. The van der Waals surface area contributed by atoms with E-state index in [0.29, 0.717) is 11.4 Å². The average Bonchev–Trinajstić information content (AvgIpc) is 3.20. The second-order valence-corrected chi connectivity index (χ2v) is 6.68. The molecule has 0 saturated heterocycles. The van der Waals surface area contributed by atoms with Crippen molar-refractivity contribution in [2.24, 2.45) is 0 Å². The number of benzene rings is 2. The van der Waals surface area contributed by atoms with Crippen LogP contribution in [-0.2, 0) is 11.3 Å². The highest BCUT2D eigenvalue weighted by atomic mass is 19.4. The molecule has 2 heterocycles. The lowest BCUT2D eigenvalue weighted by Gasteiger charge is -2.17. The van der Waals surface area contributed by atoms with Gasteiger partial charge in [0, 0.05) is 12.7 Å². The highest BCUT2D eigenvalue weighted by Gasteiger charge is 2.31. The molecule has 0 spiro atoms. The first-order chi connectivity index (χ1) is 15.2. The van der Waals surface area contributed by atoms with Crippen LogP contribution < -0.4 is 15.2 Å². The van der Waals surface area contributed by atoms with Crippen molar-refractivity contribution in [1.29, 1.82) is 0 Å². The van der Waals surface area contributed by atoms with Crippen LogP contribution in [0.2, 0.25) is 0 Å². The molecule has 1 amide bonds. The molecule has 9 nitrogen and oxygen atoms in total. The highest BCUT2D eigenvalue weighted by molar-refractivity contribution is 5.92. The normalized spacial score (nSPS) is 11.5. The van der Waals surface area contributed by atoms with Crippen molar-refractivity contribution in [3.05, 3.63) is 71.3 Å². The van der Waals surface area contributed by atoms with Gasteiger partial charge in [-0.05, 0) is 36.4 Å². The molecule has 0 fully saturated rings. The zero-order valence-electron chi connectivity index (χ0n) is 16.5. The predicted octanol–water partition coefficient (Wildman–Crippen LogP) is 2.54. The molecule has 12 heteroatoms. The average molecular weight is 444 g/mol. The molecule has 32 heavy (non-hydrogen) atoms. The largest absolute Gasteiger partial charge is 0.573 e. The number of carbonyl (C=O) groups excluding carboxylic acids is 1. The second kappa shape index (κ2) is 8.13. The molecule has 164 valence electrons. The van der Waals surface area contributed by atoms with Gasteiger partial charge in [0.2, 0.25) is 5.91 Å². The fourth-order valence-corrected chi connectivity index (χ4v) is 2.97. The molecule has 4 rings (SSSR count). The molecule has 0 aliphatic heterocycles. The maximum atomic E-state index is 12.8. The molecule has 2 aromatic carbocycles. The van der Waals surface area contributed by atoms with Crippen LogP contribution in [0.25, 0.3) is 16.9 Å². The number of anilines is 1. The Morgan fingerprint density at radius 3 is 2.44 bits per heavy atom. The van der Waals surface area contributed by atoms with Crippen molar-refractivity contribution in [2.45, 2.75) is 12.9 Å². The minimum atomic E-state index is -4.81. The Kier molecular flexibility index (Phi) is 5.34. The minimum absolute atomic E-state index is 0.0849. The SMILES string of the molecule is CN(C(=O)Cn1cnc2c(nnn2-c2ccc(OC(F)(F)F)cc2)c1=O)c1ccccc1. The molecule has 0 aliphatic rings. The Morgan fingerprint density at radius 1 is 1.09 bits per heavy atom. The first kappa shape index (κ1) is 21.0. The summed E-state index contributed by atoms with van der Waals surface area (Å²) in [6.45, 7) is -0.260. The summed E-state index contributed by atoms with van der Waals surface area (Å²) in [6, 6.07) is 13.8. The van der Waals surface area contributed by atoms with Gasteiger partial charge in [-0.2, -0.15) is 4.68 Å². The standard InChI is InChI=1S/C20H15F3N6O3/c1-27(13-5-3-2-4-6-13)16(30)11-28-12-24-18-17(19(28)31)25-26-29(18)14-7-9-15(10-8-14)32-20(21,22)23/h2-10,12H,11H2,1H3. The number of fused-ring (bicyclic) bond motifs is 1. The Bertz CT molecular complexity index is 1320. The second-order valence-electron chi connectivity index (χ2n) is 6.68. The van der Waals surface area contributed by atoms with Gasteiger partial charge in [-0.1, -0.05) is 23.4 Å². The lowest BCUT2D eigenvalue weighted by molar-refractivity contribution is -0.274. The van der Waals surface area contributed by atoms with Crippen molar-refractivity contribution in [1.82, 2.24) is 24.5 Å². The molecule has 4 aromatic rings. The topological polar surface area (TPSA) is 95.1 Å². The number of hydrogen-bond donors (Lipinski definition) is 0. The van der Waals surface area contributed by atoms with Gasteiger partial charge in [0.25, 0.3) is 5.56 Å². The smallest absolute Gasteiger partial charge is 0.406 e. The van der Waals surface area contributed by atoms with E-state index in [9.17, 15) is 22.8 Å². The Balaban J connectivity index is 1.59. The highest BCUT2D eigenvalue weighted by Crippen LogP contribution is 2.24. The van der Waals surface area contributed by atoms with E-state index in [-0.39, 0.29) is 23.6 Å². The maximum absolute atomic E-state index is 12.8. The summed E-state index contributed by atoms with van der Waals surface area (Å²) in [5.74, 6) is -0.742. The van der Waals surface area contributed by atoms with Crippen LogP contribution in [0.3, 0.4) is 0 Å². The molecule has 0 bridgehead atoms. The van der Waals surface area contributed by atoms with E-state index in [1.165, 1.54) is 28.0 Å². The molecular weight excluding hydrogens is 429 g/mol. The molecule has 0 N–H and O–H groups in total. The van der Waals surface area contributed by atoms with Crippen molar-refractivity contribution < 1.29 is 22.7 Å². The van der Waals surface area contributed by atoms with Gasteiger partial charge in [-0.3, -0.25) is 14.2 Å². The number of aromatic nitrogens is 5. The Hall–Kier alpha value is -4.22. The van der Waals surface area contributed by atoms with Gasteiger partial charge in [-0.15, -0.1) is 18.3 Å². The number of rotatable bonds is 5. The number of nitrogens with zero attached hydrogens (tertiary/aromatic N) is 6. The molecule has 2 aromatic heterocycles. The number of para-hydroxylation sites is 1. The van der Waals surface area contributed by atoms with Crippen LogP contribution in [0.4, 0.5) is 18.9 Å². The summed E-state index contributed by atoms with van der Waals surface area (Å²) in [7, 11) is 1.59. The summed E-state index contributed by atoms with van der Waals surface area (Å²) < 4.78 is 43.1. The van der Waals surface area contributed by atoms with Gasteiger partial charge in [0.05, 0.1) is 5.69 Å². The summed E-state index contributed by atoms with van der Waals surface area (Å²) in [4.78, 5) is 30.9. The van der Waals surface area contributed by atoms with Crippen molar-refractivity contribution in [3.8, 4) is 11.4 Å². The van der Waals surface area contributed by atoms with Gasteiger partial charge in [-0.25, -0.2) is 4.98 Å². The molecular formula is C20H15F3N6O3. The number of halogens is 3. The molecule has 0 radical (unpaired) electrons. The first-order valence-corrected chi connectivity index (χ1v) is 9.21. The monoisotopic (exact) mass is 444 g/mol. The first-order valence-electron chi connectivity index (χ1n) is 9.21. The predicted molar refractivity (Wildman–Crippen MR) is 107 cm³/mol. The van der Waals surface area contributed by atoms with E-state index in [1.807, 2.05) is 6.07 Å². The summed E-state index contributed by atoms with van der Waals surface area (Å²) in [6.07, 6.45) is -3.61. The fraction of sp³-hybridized carbons (Fsp3) is 0.150. The lowest BCUT2D eigenvalue weighted by Crippen LogP contribution is -2.34. The molecule has 0 unspecified atom stereocenters. The van der Waals surface area contributed by atoms with Crippen LogP contribution in [0, 0.1) is 0 Å². The van der Waals surface area contributed by atoms with E-state index in [4.69, 9.17) is 0 Å². The number of amides is 1. The van der Waals surface area contributed by atoms with Crippen LogP contribution in [0.15, 0.2) is 65.7 Å². The molecule has 0 saturated carbocycles. The summed E-state index contributed by atoms with van der Waals surface area (Å²) in [5, 5.41) is 7.69. The molecule has 0 aliphatic carbocycles. The van der Waals surface area contributed by atoms with E-state index in [1.54, 1.807) is 31.3 Å². The van der Waals surface area contributed by atoms with E-state index in [0.717, 1.165) is 16.7 Å². The number of carbonyl (C=O) groups is 1. The zero-order valence-corrected chi connectivity index (χ0v) is 16.5. The van der Waals surface area contributed by atoms with Gasteiger partial charge < -0.3 is 9.64 Å². The summed E-state index contributed by atoms with van der Waals surface area (Å²) in [5.41, 5.74) is 0.431. The van der Waals surface area contributed by atoms with Crippen molar-refractivity contribution >= 4 is 22.8 Å². The zero-order chi connectivity index (χ0) is 22.9. The third-order valence-corrected chi connectivity index (χ3v) is 4.57. The number of hydrogen-bond acceptors (Lipinski definition) is 6. The summed E-state index contributed by atoms with van der Waals surface area (Å²) >= 11 is 0. The van der Waals surface area contributed by atoms with Crippen LogP contribution >= 0.6 is 0 Å². The Labute approximate surface area is 178 Å². The lowest BCUT2D eigenvalue weighted by atomic mass is 10.3. The number of likely N-dealkylation sites (N-methyl/N-ethyl adjacent to an activating group) is 1.